The second-order valence-corrected chi connectivity index (χ2v) is 5.10. The van der Waals surface area contributed by atoms with Gasteiger partial charge in [0.15, 0.2) is 0 Å². The summed E-state index contributed by atoms with van der Waals surface area (Å²) in [6, 6.07) is 4.93. The number of hydrogen-bond donors (Lipinski definition) is 2. The smallest absolute Gasteiger partial charge is 0.248 e. The van der Waals surface area contributed by atoms with Crippen molar-refractivity contribution in [2.75, 3.05) is 4.90 Å². The highest BCUT2D eigenvalue weighted by molar-refractivity contribution is 6.33. The van der Waals surface area contributed by atoms with Gasteiger partial charge in [0, 0.05) is 23.9 Å². The molecule has 0 saturated heterocycles. The molecule has 2 rings (SSSR count). The lowest BCUT2D eigenvalue weighted by molar-refractivity contribution is 0.100. The number of anilines is 1. The van der Waals surface area contributed by atoms with Crippen molar-refractivity contribution in [2.24, 2.45) is 10.9 Å². The second-order valence-electron chi connectivity index (χ2n) is 4.70. The number of primary amides is 1. The number of hydrogen-bond acceptors (Lipinski definition) is 4. The zero-order chi connectivity index (χ0) is 15.6. The van der Waals surface area contributed by atoms with E-state index in [1.807, 2.05) is 24.1 Å². The minimum absolute atomic E-state index is 0.363. The number of amides is 1. The average molecular weight is 306 g/mol. The van der Waals surface area contributed by atoms with Crippen LogP contribution in [0.15, 0.2) is 46.9 Å². The topological polar surface area (TPSA) is 78.9 Å². The number of allylic oxidation sites excluding steroid dienone is 2. The van der Waals surface area contributed by atoms with Crippen molar-refractivity contribution < 1.29 is 10.0 Å². The Bertz CT molecular complexity index is 677. The molecule has 3 N–H and O–H groups in total. The number of nitrogens with two attached hydrogens (primary N) is 1. The zero-order valence-electron chi connectivity index (χ0n) is 11.8. The van der Waals surface area contributed by atoms with E-state index in [1.165, 1.54) is 0 Å². The van der Waals surface area contributed by atoms with Crippen molar-refractivity contribution in [1.82, 2.24) is 0 Å². The Morgan fingerprint density at radius 3 is 2.76 bits per heavy atom. The predicted molar refractivity (Wildman–Crippen MR) is 83.8 cm³/mol. The first kappa shape index (κ1) is 15.1. The third-order valence-corrected chi connectivity index (χ3v) is 3.71. The Balaban J connectivity index is 2.45. The normalized spacial score (nSPS) is 17.3. The van der Waals surface area contributed by atoms with Crippen molar-refractivity contribution in [3.05, 3.63) is 52.3 Å². The fraction of sp³-hybridized carbons (Fsp3) is 0.200. The van der Waals surface area contributed by atoms with E-state index in [-0.39, 0.29) is 0 Å². The largest absolute Gasteiger partial charge is 0.411 e. The summed E-state index contributed by atoms with van der Waals surface area (Å²) in [4.78, 5) is 13.1. The Hall–Kier alpha value is -2.27. The van der Waals surface area contributed by atoms with Crippen LogP contribution in [0.5, 0.6) is 0 Å². The highest BCUT2D eigenvalue weighted by Crippen LogP contribution is 2.36. The molecule has 110 valence electrons. The van der Waals surface area contributed by atoms with Gasteiger partial charge in [-0.05, 0) is 37.6 Å². The van der Waals surface area contributed by atoms with Crippen molar-refractivity contribution in [3.8, 4) is 0 Å². The van der Waals surface area contributed by atoms with Crippen LogP contribution in [0.3, 0.4) is 0 Å². The third kappa shape index (κ3) is 2.92. The number of carbonyl (C=O) groups is 1. The van der Waals surface area contributed by atoms with E-state index in [9.17, 15) is 4.79 Å². The minimum atomic E-state index is -0.518. The summed E-state index contributed by atoms with van der Waals surface area (Å²) in [5.74, 6) is -0.518. The van der Waals surface area contributed by atoms with E-state index in [4.69, 9.17) is 22.5 Å². The molecule has 5 nitrogen and oxygen atoms in total. The van der Waals surface area contributed by atoms with Gasteiger partial charge in [-0.3, -0.25) is 4.79 Å². The molecule has 0 unspecified atom stereocenters. The van der Waals surface area contributed by atoms with Crippen molar-refractivity contribution in [3.63, 3.8) is 0 Å². The maximum atomic E-state index is 11.2. The van der Waals surface area contributed by atoms with Crippen molar-refractivity contribution in [2.45, 2.75) is 20.3 Å². The molecule has 0 saturated carbocycles. The Morgan fingerprint density at radius 2 is 2.24 bits per heavy atom. The SMILES string of the molecule is C/C=C1\CC(/C(C)=N/O)=CN1c1ccc(C(N)=O)cc1Cl. The molecule has 0 aliphatic carbocycles. The second kappa shape index (κ2) is 6.01. The van der Waals surface area contributed by atoms with Gasteiger partial charge in [0.05, 0.1) is 16.4 Å². The van der Waals surface area contributed by atoms with Crippen LogP contribution in [-0.2, 0) is 0 Å². The highest BCUT2D eigenvalue weighted by Gasteiger charge is 2.23. The number of carbonyl (C=O) groups excluding carboxylic acids is 1. The molecule has 0 atom stereocenters. The summed E-state index contributed by atoms with van der Waals surface area (Å²) in [5, 5.41) is 12.6. The molecule has 1 heterocycles. The van der Waals surface area contributed by atoms with Gasteiger partial charge in [-0.1, -0.05) is 22.8 Å². The molecule has 0 fully saturated rings. The van der Waals surface area contributed by atoms with E-state index in [0.29, 0.717) is 22.7 Å². The summed E-state index contributed by atoms with van der Waals surface area (Å²) in [5.41, 5.74) is 8.83. The maximum Gasteiger partial charge on any atom is 0.248 e. The van der Waals surface area contributed by atoms with Crippen LogP contribution < -0.4 is 10.6 Å². The molecule has 6 heteroatoms. The Kier molecular flexibility index (Phi) is 4.33. The average Bonchev–Trinajstić information content (AvgIpc) is 2.90. The van der Waals surface area contributed by atoms with Crippen LogP contribution in [0.1, 0.15) is 30.6 Å². The standard InChI is InChI=1S/C15H16ClN3O2/c1-3-12-6-11(9(2)18-21)8-19(12)14-5-4-10(15(17)20)7-13(14)16/h3-5,7-8,21H,6H2,1-2H3,(H2,17,20)/b12-3+,18-9+. The Labute approximate surface area is 128 Å². The van der Waals surface area contributed by atoms with Crippen molar-refractivity contribution >= 4 is 28.9 Å². The van der Waals surface area contributed by atoms with Gasteiger partial charge in [0.1, 0.15) is 0 Å². The molecule has 1 aromatic carbocycles. The van der Waals surface area contributed by atoms with Gasteiger partial charge >= 0.3 is 0 Å². The molecule has 1 aromatic rings. The van der Waals surface area contributed by atoms with Crippen LogP contribution in [0.4, 0.5) is 5.69 Å². The minimum Gasteiger partial charge on any atom is -0.411 e. The van der Waals surface area contributed by atoms with E-state index in [1.54, 1.807) is 25.1 Å². The molecule has 1 amide bonds. The molecular formula is C15H16ClN3O2. The van der Waals surface area contributed by atoms with Crippen molar-refractivity contribution in [1.29, 1.82) is 0 Å². The van der Waals surface area contributed by atoms with Gasteiger partial charge in [-0.25, -0.2) is 0 Å². The van der Waals surface area contributed by atoms with Gasteiger partial charge in [0.2, 0.25) is 5.91 Å². The van der Waals surface area contributed by atoms with Gasteiger partial charge in [-0.2, -0.15) is 0 Å². The monoisotopic (exact) mass is 305 g/mol. The molecule has 1 aliphatic rings. The van der Waals surface area contributed by atoms with Crippen LogP contribution in [0, 0.1) is 0 Å². The number of benzene rings is 1. The molecule has 0 aromatic heterocycles. The molecule has 0 radical (unpaired) electrons. The summed E-state index contributed by atoms with van der Waals surface area (Å²) in [7, 11) is 0. The fourth-order valence-electron chi connectivity index (χ4n) is 2.17. The summed E-state index contributed by atoms with van der Waals surface area (Å²) in [6.07, 6.45) is 4.49. The van der Waals surface area contributed by atoms with Gasteiger partial charge in [-0.15, -0.1) is 0 Å². The van der Waals surface area contributed by atoms with Crippen LogP contribution in [0.25, 0.3) is 0 Å². The maximum absolute atomic E-state index is 11.2. The number of rotatable bonds is 3. The lowest BCUT2D eigenvalue weighted by Gasteiger charge is -2.20. The van der Waals surface area contributed by atoms with Gasteiger partial charge in [0.25, 0.3) is 0 Å². The van der Waals surface area contributed by atoms with E-state index < -0.39 is 5.91 Å². The molecule has 0 bridgehead atoms. The van der Waals surface area contributed by atoms with Gasteiger partial charge < -0.3 is 15.8 Å². The summed E-state index contributed by atoms with van der Waals surface area (Å²) < 4.78 is 0. The first-order chi connectivity index (χ1) is 9.97. The molecular weight excluding hydrogens is 290 g/mol. The number of oxime groups is 1. The van der Waals surface area contributed by atoms with E-state index in [0.717, 1.165) is 17.0 Å². The third-order valence-electron chi connectivity index (χ3n) is 3.41. The first-order valence-electron chi connectivity index (χ1n) is 6.41. The zero-order valence-corrected chi connectivity index (χ0v) is 12.6. The Morgan fingerprint density at radius 1 is 1.52 bits per heavy atom. The van der Waals surface area contributed by atoms with E-state index in [2.05, 4.69) is 5.16 Å². The first-order valence-corrected chi connectivity index (χ1v) is 6.79. The highest BCUT2D eigenvalue weighted by atomic mass is 35.5. The molecule has 21 heavy (non-hydrogen) atoms. The molecule has 1 aliphatic heterocycles. The number of nitrogens with zero attached hydrogens (tertiary/aromatic N) is 2. The number of halogens is 1. The fourth-order valence-corrected chi connectivity index (χ4v) is 2.44. The quantitative estimate of drug-likeness (QED) is 0.511. The van der Waals surface area contributed by atoms with E-state index >= 15 is 0 Å². The van der Waals surface area contributed by atoms with Crippen LogP contribution in [0.2, 0.25) is 5.02 Å². The summed E-state index contributed by atoms with van der Waals surface area (Å²) in [6.45, 7) is 3.66. The lowest BCUT2D eigenvalue weighted by atomic mass is 10.1. The molecule has 0 spiro atoms. The summed E-state index contributed by atoms with van der Waals surface area (Å²) >= 11 is 6.25. The van der Waals surface area contributed by atoms with Crippen LogP contribution >= 0.6 is 11.6 Å². The lowest BCUT2D eigenvalue weighted by Crippen LogP contribution is -2.13. The van der Waals surface area contributed by atoms with Crippen LogP contribution in [-0.4, -0.2) is 16.8 Å². The predicted octanol–water partition coefficient (Wildman–Crippen LogP) is 3.29.